The molecule has 0 unspecified atom stereocenters. The average molecular weight is 326 g/mol. The number of amides is 2. The molecule has 2 amide bonds. The van der Waals surface area contributed by atoms with Crippen LogP contribution in [0.3, 0.4) is 0 Å². The summed E-state index contributed by atoms with van der Waals surface area (Å²) in [6.07, 6.45) is -0.749. The lowest BCUT2D eigenvalue weighted by atomic mass is 10.2. The van der Waals surface area contributed by atoms with Crippen LogP contribution in [-0.2, 0) is 9.59 Å². The van der Waals surface area contributed by atoms with Gasteiger partial charge in [0.05, 0.1) is 0 Å². The predicted octanol–water partition coefficient (Wildman–Crippen LogP) is 3.24. The largest absolute Gasteiger partial charge is 0.406 e. The first-order chi connectivity index (χ1) is 10.7. The van der Waals surface area contributed by atoms with Crippen LogP contribution in [0.25, 0.3) is 6.08 Å². The average Bonchev–Trinajstić information content (AvgIpc) is 2.44. The van der Waals surface area contributed by atoms with E-state index in [0.717, 1.165) is 6.08 Å². The maximum absolute atomic E-state index is 12.4. The number of nitrogens with one attached hydrogen (secondary N) is 1. The van der Waals surface area contributed by atoms with Crippen LogP contribution in [0.5, 0.6) is 0 Å². The second-order valence-electron chi connectivity index (χ2n) is 4.76. The van der Waals surface area contributed by atoms with Crippen LogP contribution >= 0.6 is 0 Å². The topological polar surface area (TPSA) is 49.4 Å². The van der Waals surface area contributed by atoms with E-state index in [4.69, 9.17) is 0 Å². The van der Waals surface area contributed by atoms with Crippen molar-refractivity contribution in [2.75, 3.05) is 18.4 Å². The maximum Gasteiger partial charge on any atom is 0.406 e. The molecule has 1 aromatic carbocycles. The molecule has 4 nitrogen and oxygen atoms in total. The van der Waals surface area contributed by atoms with E-state index < -0.39 is 18.6 Å². The van der Waals surface area contributed by atoms with Crippen LogP contribution in [0.4, 0.5) is 18.9 Å². The van der Waals surface area contributed by atoms with Gasteiger partial charge in [0.25, 0.3) is 0 Å². The summed E-state index contributed by atoms with van der Waals surface area (Å²) in [5, 5.41) is 2.58. The van der Waals surface area contributed by atoms with Crippen LogP contribution in [0.2, 0.25) is 0 Å². The summed E-state index contributed by atoms with van der Waals surface area (Å²) in [6, 6.07) is 6.53. The Bertz CT molecular complexity index is 592. The Morgan fingerprint density at radius 3 is 2.35 bits per heavy atom. The molecule has 0 spiro atoms. The first-order valence-electron chi connectivity index (χ1n) is 6.73. The standard InChI is InChI=1S/C16H17F3N2O2/c1-3-10-21(11-16(17,18)19)15(23)9-6-13-4-7-14(8-5-13)20-12(2)22/h3-9H,1,10-11H2,2H3,(H,20,22). The van der Waals surface area contributed by atoms with E-state index >= 15 is 0 Å². The number of anilines is 1. The molecule has 0 atom stereocenters. The van der Waals surface area contributed by atoms with E-state index in [1.165, 1.54) is 19.1 Å². The van der Waals surface area contributed by atoms with Crippen LogP contribution in [-0.4, -0.2) is 36.0 Å². The van der Waals surface area contributed by atoms with Gasteiger partial charge in [-0.2, -0.15) is 13.2 Å². The first kappa shape index (κ1) is 18.5. The van der Waals surface area contributed by atoms with Gasteiger partial charge in [0.1, 0.15) is 6.54 Å². The molecular weight excluding hydrogens is 309 g/mol. The van der Waals surface area contributed by atoms with E-state index in [2.05, 4.69) is 11.9 Å². The summed E-state index contributed by atoms with van der Waals surface area (Å²) in [5.74, 6) is -0.969. The number of rotatable bonds is 6. The Morgan fingerprint density at radius 1 is 1.26 bits per heavy atom. The number of halogens is 3. The van der Waals surface area contributed by atoms with Crippen molar-refractivity contribution < 1.29 is 22.8 Å². The van der Waals surface area contributed by atoms with Crippen molar-refractivity contribution in [3.8, 4) is 0 Å². The summed E-state index contributed by atoms with van der Waals surface area (Å²) in [6.45, 7) is 3.20. The van der Waals surface area contributed by atoms with E-state index in [-0.39, 0.29) is 12.5 Å². The Kier molecular flexibility index (Phi) is 6.56. The van der Waals surface area contributed by atoms with Gasteiger partial charge in [0.2, 0.25) is 11.8 Å². The van der Waals surface area contributed by atoms with Crippen LogP contribution in [0, 0.1) is 0 Å². The van der Waals surface area contributed by atoms with E-state index in [0.29, 0.717) is 16.2 Å². The highest BCUT2D eigenvalue weighted by molar-refractivity contribution is 5.92. The maximum atomic E-state index is 12.4. The van der Waals surface area contributed by atoms with Gasteiger partial charge in [-0.1, -0.05) is 18.2 Å². The second kappa shape index (κ2) is 8.17. The molecule has 1 rings (SSSR count). The van der Waals surface area contributed by atoms with Crippen LogP contribution < -0.4 is 5.32 Å². The number of benzene rings is 1. The third-order valence-corrected chi connectivity index (χ3v) is 2.68. The molecule has 1 N–H and O–H groups in total. The number of carbonyl (C=O) groups is 2. The van der Waals surface area contributed by atoms with E-state index in [1.54, 1.807) is 24.3 Å². The van der Waals surface area contributed by atoms with Gasteiger partial charge in [-0.15, -0.1) is 6.58 Å². The molecule has 0 saturated heterocycles. The fourth-order valence-electron chi connectivity index (χ4n) is 1.76. The number of carbonyl (C=O) groups excluding carboxylic acids is 2. The van der Waals surface area contributed by atoms with Gasteiger partial charge in [0, 0.05) is 25.2 Å². The molecule has 1 aromatic rings. The second-order valence-corrected chi connectivity index (χ2v) is 4.76. The van der Waals surface area contributed by atoms with Crippen molar-refractivity contribution in [3.05, 3.63) is 48.6 Å². The van der Waals surface area contributed by atoms with E-state index in [9.17, 15) is 22.8 Å². The van der Waals surface area contributed by atoms with Gasteiger partial charge >= 0.3 is 6.18 Å². The number of alkyl halides is 3. The van der Waals surface area contributed by atoms with Crippen molar-refractivity contribution in [3.63, 3.8) is 0 Å². The molecule has 0 aromatic heterocycles. The lowest BCUT2D eigenvalue weighted by molar-refractivity contribution is -0.157. The third-order valence-electron chi connectivity index (χ3n) is 2.68. The molecule has 0 bridgehead atoms. The molecule has 0 aliphatic rings. The van der Waals surface area contributed by atoms with Gasteiger partial charge in [0.15, 0.2) is 0 Å². The molecule has 0 heterocycles. The van der Waals surface area contributed by atoms with Crippen molar-refractivity contribution in [2.45, 2.75) is 13.1 Å². The molecule has 124 valence electrons. The minimum atomic E-state index is -4.47. The zero-order valence-corrected chi connectivity index (χ0v) is 12.6. The van der Waals surface area contributed by atoms with Gasteiger partial charge in [-0.05, 0) is 23.8 Å². The number of hydrogen-bond donors (Lipinski definition) is 1. The highest BCUT2D eigenvalue weighted by Crippen LogP contribution is 2.17. The van der Waals surface area contributed by atoms with Crippen LogP contribution in [0.15, 0.2) is 43.0 Å². The summed E-state index contributed by atoms with van der Waals surface area (Å²) < 4.78 is 37.2. The lowest BCUT2D eigenvalue weighted by Crippen LogP contribution is -2.38. The summed E-state index contributed by atoms with van der Waals surface area (Å²) in [5.41, 5.74) is 1.21. The molecular formula is C16H17F3N2O2. The highest BCUT2D eigenvalue weighted by atomic mass is 19.4. The minimum Gasteiger partial charge on any atom is -0.326 e. The summed E-state index contributed by atoms with van der Waals surface area (Å²) in [4.78, 5) is 23.4. The molecule has 0 aliphatic carbocycles. The van der Waals surface area contributed by atoms with Crippen molar-refractivity contribution >= 4 is 23.6 Å². The summed E-state index contributed by atoms with van der Waals surface area (Å²) >= 11 is 0. The van der Waals surface area contributed by atoms with Gasteiger partial charge < -0.3 is 10.2 Å². The molecule has 0 fully saturated rings. The van der Waals surface area contributed by atoms with Gasteiger partial charge in [-0.3, -0.25) is 9.59 Å². The monoisotopic (exact) mass is 326 g/mol. The zero-order chi connectivity index (χ0) is 17.5. The fraction of sp³-hybridized carbons (Fsp3) is 0.250. The molecule has 23 heavy (non-hydrogen) atoms. The Labute approximate surface area is 132 Å². The smallest absolute Gasteiger partial charge is 0.326 e. The Balaban J connectivity index is 2.75. The zero-order valence-electron chi connectivity index (χ0n) is 12.6. The first-order valence-corrected chi connectivity index (χ1v) is 6.73. The SMILES string of the molecule is C=CCN(CC(F)(F)F)C(=O)C=Cc1ccc(NC(C)=O)cc1. The minimum absolute atomic E-state index is 0.190. The molecule has 0 aliphatic heterocycles. The third kappa shape index (κ3) is 7.30. The Hall–Kier alpha value is -2.57. The highest BCUT2D eigenvalue weighted by Gasteiger charge is 2.31. The summed E-state index contributed by atoms with van der Waals surface area (Å²) in [7, 11) is 0. The quantitative estimate of drug-likeness (QED) is 0.644. The van der Waals surface area contributed by atoms with Crippen molar-refractivity contribution in [2.24, 2.45) is 0 Å². The molecule has 7 heteroatoms. The van der Waals surface area contributed by atoms with Crippen LogP contribution in [0.1, 0.15) is 12.5 Å². The molecule has 0 radical (unpaired) electrons. The number of nitrogens with zero attached hydrogens (tertiary/aromatic N) is 1. The molecule has 0 saturated carbocycles. The normalized spacial score (nSPS) is 11.3. The predicted molar refractivity (Wildman–Crippen MR) is 82.6 cm³/mol. The lowest BCUT2D eigenvalue weighted by Gasteiger charge is -2.20. The van der Waals surface area contributed by atoms with Crippen molar-refractivity contribution in [1.29, 1.82) is 0 Å². The fourth-order valence-corrected chi connectivity index (χ4v) is 1.76. The van der Waals surface area contributed by atoms with Gasteiger partial charge in [-0.25, -0.2) is 0 Å². The van der Waals surface area contributed by atoms with E-state index in [1.807, 2.05) is 0 Å². The number of hydrogen-bond acceptors (Lipinski definition) is 2. The Morgan fingerprint density at radius 2 is 1.87 bits per heavy atom. The van der Waals surface area contributed by atoms with Crippen molar-refractivity contribution in [1.82, 2.24) is 4.90 Å².